The summed E-state index contributed by atoms with van der Waals surface area (Å²) in [4.78, 5) is 42.1. The Labute approximate surface area is 228 Å². The lowest BCUT2D eigenvalue weighted by Gasteiger charge is -2.18. The van der Waals surface area contributed by atoms with Crippen LogP contribution in [0.5, 0.6) is 0 Å². The molecule has 0 saturated heterocycles. The molecule has 8 nitrogen and oxygen atoms in total. The molecule has 0 aromatic carbocycles. The first kappa shape index (κ1) is 35.8. The second kappa shape index (κ2) is 25.1. The summed E-state index contributed by atoms with van der Waals surface area (Å²) >= 11 is 0. The summed E-state index contributed by atoms with van der Waals surface area (Å²) in [7, 11) is -4.75. The van der Waals surface area contributed by atoms with Gasteiger partial charge in [-0.1, -0.05) is 113 Å². The number of hydrogen-bond acceptors (Lipinski definition) is 6. The predicted octanol–water partition coefficient (Wildman–Crippen LogP) is 7.05. The summed E-state index contributed by atoms with van der Waals surface area (Å²) in [6.07, 6.45) is 28.4. The van der Waals surface area contributed by atoms with Crippen LogP contribution in [0.2, 0.25) is 0 Å². The Morgan fingerprint density at radius 3 is 1.87 bits per heavy atom. The van der Waals surface area contributed by atoms with Crippen LogP contribution < -0.4 is 0 Å². The number of allylic oxidation sites excluding steroid dienone is 10. The van der Waals surface area contributed by atoms with Gasteiger partial charge in [-0.3, -0.25) is 14.1 Å². The van der Waals surface area contributed by atoms with Crippen molar-refractivity contribution in [1.29, 1.82) is 0 Å². The molecule has 216 valence electrons. The molecule has 9 heteroatoms. The molecule has 0 amide bonds. The average Bonchev–Trinajstić information content (AvgIpc) is 2.87. The molecule has 38 heavy (non-hydrogen) atoms. The van der Waals surface area contributed by atoms with Crippen LogP contribution in [-0.4, -0.2) is 41.0 Å². The molecule has 0 heterocycles. The van der Waals surface area contributed by atoms with E-state index in [0.717, 1.165) is 25.7 Å². The van der Waals surface area contributed by atoms with Crippen LogP contribution in [0.3, 0.4) is 0 Å². The summed E-state index contributed by atoms with van der Waals surface area (Å²) < 4.78 is 25.9. The molecular weight excluding hydrogens is 507 g/mol. The maximum Gasteiger partial charge on any atom is 0.469 e. The summed E-state index contributed by atoms with van der Waals surface area (Å²) in [6.45, 7) is 3.36. The van der Waals surface area contributed by atoms with E-state index in [9.17, 15) is 14.2 Å². The Kier molecular flexibility index (Phi) is 23.6. The Hall–Kier alpha value is -2.25. The van der Waals surface area contributed by atoms with Crippen LogP contribution in [-0.2, 0) is 28.2 Å². The molecule has 0 fully saturated rings. The quantitative estimate of drug-likeness (QED) is 0.0597. The zero-order valence-corrected chi connectivity index (χ0v) is 23.9. The van der Waals surface area contributed by atoms with Crippen LogP contribution in [0.15, 0.2) is 60.8 Å². The molecule has 0 rings (SSSR count). The lowest BCUT2D eigenvalue weighted by molar-refractivity contribution is -0.161. The summed E-state index contributed by atoms with van der Waals surface area (Å²) in [5.41, 5.74) is 0. The van der Waals surface area contributed by atoms with Crippen molar-refractivity contribution in [3.8, 4) is 0 Å². The maximum absolute atomic E-state index is 12.2. The second-order valence-corrected chi connectivity index (χ2v) is 10.0. The fraction of sp³-hybridized carbons (Fsp3) is 0.586. The zero-order valence-electron chi connectivity index (χ0n) is 23.0. The summed E-state index contributed by atoms with van der Waals surface area (Å²) in [5, 5.41) is 0. The molecular formula is C29H47O8P. The summed E-state index contributed by atoms with van der Waals surface area (Å²) in [5.74, 6) is -0.989. The predicted molar refractivity (Wildman–Crippen MR) is 151 cm³/mol. The molecule has 0 spiro atoms. The van der Waals surface area contributed by atoms with Gasteiger partial charge in [-0.25, -0.2) is 4.57 Å². The molecule has 0 aliphatic heterocycles. The van der Waals surface area contributed by atoms with E-state index >= 15 is 0 Å². The maximum atomic E-state index is 12.2. The van der Waals surface area contributed by atoms with Crippen LogP contribution in [0.4, 0.5) is 0 Å². The van der Waals surface area contributed by atoms with E-state index < -0.39 is 32.5 Å². The van der Waals surface area contributed by atoms with Gasteiger partial charge >= 0.3 is 19.8 Å². The minimum absolute atomic E-state index is 0.114. The van der Waals surface area contributed by atoms with Gasteiger partial charge in [0.1, 0.15) is 6.61 Å². The van der Waals surface area contributed by atoms with Crippen LogP contribution in [0.1, 0.15) is 90.9 Å². The zero-order chi connectivity index (χ0) is 28.3. The minimum atomic E-state index is -4.75. The van der Waals surface area contributed by atoms with E-state index in [-0.39, 0.29) is 19.4 Å². The highest BCUT2D eigenvalue weighted by Crippen LogP contribution is 2.35. The molecule has 0 radical (unpaired) electrons. The van der Waals surface area contributed by atoms with Gasteiger partial charge in [-0.05, 0) is 25.7 Å². The second-order valence-electron chi connectivity index (χ2n) is 8.76. The van der Waals surface area contributed by atoms with Crippen molar-refractivity contribution < 1.29 is 37.9 Å². The van der Waals surface area contributed by atoms with Crippen molar-refractivity contribution in [3.05, 3.63) is 60.8 Å². The Morgan fingerprint density at radius 1 is 0.711 bits per heavy atom. The Morgan fingerprint density at radius 2 is 1.26 bits per heavy atom. The van der Waals surface area contributed by atoms with Crippen molar-refractivity contribution >= 4 is 19.8 Å². The van der Waals surface area contributed by atoms with E-state index in [1.165, 1.54) is 19.3 Å². The van der Waals surface area contributed by atoms with Crippen molar-refractivity contribution in [2.45, 2.75) is 97.0 Å². The van der Waals surface area contributed by atoms with Crippen molar-refractivity contribution in [1.82, 2.24) is 0 Å². The van der Waals surface area contributed by atoms with E-state index in [0.29, 0.717) is 19.3 Å². The number of rotatable bonds is 23. The average molecular weight is 555 g/mol. The number of carbonyl (C=O) groups is 2. The van der Waals surface area contributed by atoms with Gasteiger partial charge in [0.15, 0.2) is 6.10 Å². The van der Waals surface area contributed by atoms with Crippen LogP contribution in [0.25, 0.3) is 0 Å². The number of unbranched alkanes of at least 4 members (excludes halogenated alkanes) is 7. The smallest absolute Gasteiger partial charge is 0.462 e. The highest BCUT2D eigenvalue weighted by Gasteiger charge is 2.22. The molecule has 0 bridgehead atoms. The normalized spacial score (nSPS) is 13.5. The molecule has 0 aromatic heterocycles. The third-order valence-corrected chi connectivity index (χ3v) is 5.66. The highest BCUT2D eigenvalue weighted by atomic mass is 31.2. The fourth-order valence-electron chi connectivity index (χ4n) is 3.16. The van der Waals surface area contributed by atoms with Gasteiger partial charge in [0.2, 0.25) is 0 Å². The summed E-state index contributed by atoms with van der Waals surface area (Å²) in [6, 6.07) is 0. The van der Waals surface area contributed by atoms with E-state index in [2.05, 4.69) is 24.4 Å². The van der Waals surface area contributed by atoms with Gasteiger partial charge in [0.25, 0.3) is 0 Å². The largest absolute Gasteiger partial charge is 0.469 e. The molecule has 0 aliphatic rings. The minimum Gasteiger partial charge on any atom is -0.462 e. The number of phosphoric acid groups is 1. The van der Waals surface area contributed by atoms with E-state index in [1.807, 2.05) is 54.7 Å². The first-order valence-corrected chi connectivity index (χ1v) is 15.2. The number of ether oxygens (including phenoxy) is 2. The monoisotopic (exact) mass is 554 g/mol. The molecule has 1 unspecified atom stereocenters. The van der Waals surface area contributed by atoms with Gasteiger partial charge < -0.3 is 19.3 Å². The SMILES string of the molecule is CC/C=C/C=C/C=C/C=C/C=C/CCCC(=O)OC(COC(=O)CCCCCCCCC)COP(=O)(O)O. The standard InChI is InChI=1S/C29H47O8P/c1-3-5-7-9-11-12-13-14-15-16-18-20-22-24-29(31)37-27(26-36-38(32,33)34)25-35-28(30)23-21-19-17-10-8-6-4-2/h5,7,9,11-16,18,27H,3-4,6,8,10,17,19-26H2,1-2H3,(H2,32,33,34)/b7-5+,11-9+,13-12+,15-14+,18-16+. The molecule has 0 aromatic rings. The molecule has 2 N–H and O–H groups in total. The number of phosphoric ester groups is 1. The van der Waals surface area contributed by atoms with Gasteiger partial charge in [-0.15, -0.1) is 0 Å². The van der Waals surface area contributed by atoms with Gasteiger partial charge in [0, 0.05) is 12.8 Å². The fourth-order valence-corrected chi connectivity index (χ4v) is 3.52. The number of esters is 2. The molecule has 1 atom stereocenters. The third kappa shape index (κ3) is 26.8. The van der Waals surface area contributed by atoms with E-state index in [1.54, 1.807) is 0 Å². The lowest BCUT2D eigenvalue weighted by atomic mass is 10.1. The lowest BCUT2D eigenvalue weighted by Crippen LogP contribution is -2.29. The molecule has 0 saturated carbocycles. The topological polar surface area (TPSA) is 119 Å². The van der Waals surface area contributed by atoms with Crippen LogP contribution in [0, 0.1) is 0 Å². The first-order chi connectivity index (χ1) is 18.3. The molecule has 0 aliphatic carbocycles. The Balaban J connectivity index is 4.30. The Bertz CT molecular complexity index is 807. The van der Waals surface area contributed by atoms with Crippen molar-refractivity contribution in [3.63, 3.8) is 0 Å². The van der Waals surface area contributed by atoms with Crippen molar-refractivity contribution in [2.75, 3.05) is 13.2 Å². The van der Waals surface area contributed by atoms with Gasteiger partial charge in [-0.2, -0.15) is 0 Å². The number of hydrogen-bond donors (Lipinski definition) is 2. The third-order valence-electron chi connectivity index (χ3n) is 5.18. The van der Waals surface area contributed by atoms with Gasteiger partial charge in [0.05, 0.1) is 6.61 Å². The van der Waals surface area contributed by atoms with Crippen molar-refractivity contribution in [2.24, 2.45) is 0 Å². The first-order valence-electron chi connectivity index (χ1n) is 13.6. The van der Waals surface area contributed by atoms with E-state index in [4.69, 9.17) is 19.3 Å². The number of carbonyl (C=O) groups excluding carboxylic acids is 2. The highest BCUT2D eigenvalue weighted by molar-refractivity contribution is 7.46. The van der Waals surface area contributed by atoms with Crippen LogP contribution >= 0.6 is 7.82 Å².